The van der Waals surface area contributed by atoms with Crippen LogP contribution in [-0.2, 0) is 133 Å². The number of hydrogen-bond donors (Lipinski definition) is 15. The van der Waals surface area contributed by atoms with Gasteiger partial charge < -0.3 is 180 Å². The molecule has 6 rings (SSSR count). The van der Waals surface area contributed by atoms with Gasteiger partial charge in [0.25, 0.3) is 0 Å². The molecule has 0 saturated carbocycles. The van der Waals surface area contributed by atoms with E-state index in [0.29, 0.717) is 0 Å². The first kappa shape index (κ1) is 95.8. The molecule has 0 aromatic heterocycles. The van der Waals surface area contributed by atoms with Crippen molar-refractivity contribution in [3.05, 3.63) is 0 Å². The van der Waals surface area contributed by atoms with Gasteiger partial charge in [0, 0.05) is 138 Å². The van der Waals surface area contributed by atoms with Gasteiger partial charge in [-0.25, -0.2) is 0 Å². The Labute approximate surface area is 653 Å². The van der Waals surface area contributed by atoms with Crippen molar-refractivity contribution in [3.8, 4) is 0 Å². The maximum atomic E-state index is 14.3. The number of hydrogen-bond acceptors (Lipinski definition) is 36. The van der Waals surface area contributed by atoms with Gasteiger partial charge in [-0.1, -0.05) is 11.8 Å². The van der Waals surface area contributed by atoms with E-state index in [1.807, 2.05) is 0 Å². The molecule has 6 fully saturated rings. The summed E-state index contributed by atoms with van der Waals surface area (Å²) < 4.78 is 91.4. The number of piperidine rings is 1. The molecule has 6 heterocycles. The van der Waals surface area contributed by atoms with Crippen molar-refractivity contribution in [2.75, 3.05) is 171 Å². The summed E-state index contributed by atoms with van der Waals surface area (Å²) in [5.74, 6) is -3.92. The molecule has 42 nitrogen and oxygen atoms in total. The fraction of sp³-hybridized carbons (Fsp3) is 0.877. The minimum Gasteiger partial charge on any atom is -0.780 e. The van der Waals surface area contributed by atoms with Crippen molar-refractivity contribution in [2.24, 2.45) is 5.92 Å². The van der Waals surface area contributed by atoms with Crippen molar-refractivity contribution in [1.82, 2.24) is 46.6 Å². The van der Waals surface area contributed by atoms with E-state index in [4.69, 9.17) is 89.7 Å². The van der Waals surface area contributed by atoms with E-state index in [1.54, 1.807) is 9.80 Å². The third-order valence-electron chi connectivity index (χ3n) is 18.9. The second kappa shape index (κ2) is 49.3. The van der Waals surface area contributed by atoms with Gasteiger partial charge in [-0.15, -0.1) is 0 Å². The molecule has 6 saturated heterocycles. The maximum absolute atomic E-state index is 14.3. The number of likely N-dealkylation sites (tertiary alicyclic amines) is 1. The SMILES string of the molecule is COP(=O)([S-])C[C@@H]1CO[C@H]2[C@@H]1OC[C@H]2OP([O-])(=S)OC1CCN(C(=O)CCCC(=O)N(CCC(=O)NCCOCCOC2OC(CO)C(O)C(O)C2NC(C)=O)CCN(CCC(=O)NCCOCCOC2OC(CO)C(O)C(O)C2NC(C)=O)CCC(=O)NCCOCCOC2OC(CO)C(O)C(O)C2NC(C)=O)CC1. The highest BCUT2D eigenvalue weighted by atomic mass is 32.7. The number of amides is 8. The predicted octanol–water partition coefficient (Wildman–Crippen LogP) is -8.49. The fourth-order valence-electron chi connectivity index (χ4n) is 13.0. The van der Waals surface area contributed by atoms with E-state index in [9.17, 15) is 93.8 Å². The van der Waals surface area contributed by atoms with Crippen molar-refractivity contribution in [2.45, 2.75) is 188 Å². The second-order valence-corrected chi connectivity index (χ2v) is 33.5. The minimum absolute atomic E-state index is 0.00360. The van der Waals surface area contributed by atoms with E-state index in [0.717, 1.165) is 0 Å². The number of fused-ring (bicyclic) bond motifs is 1. The molecule has 6 aliphatic rings. The summed E-state index contributed by atoms with van der Waals surface area (Å²) in [6.45, 7) is -5.43. The van der Waals surface area contributed by atoms with Crippen LogP contribution in [0.25, 0.3) is 0 Å². The van der Waals surface area contributed by atoms with Gasteiger partial charge in [0.2, 0.25) is 47.3 Å². The standard InChI is InChI=1S/C65H115N9O33P2S2/c1-38(78)69-52-58(89)55(86)43(32-75)103-63(52)98-29-26-95-23-13-66-47(81)10-16-72(17-11-48(82)67-14-24-96-27-30-99-64-53(70-39(2)79)59(90)56(87)44(33-76)104-64)21-22-74(20-12-49(83)68-15-25-97-28-31-100-65-54(71-40(3)80)60(91)57(88)45(34-77)105-65)51(85)7-5-6-50(84)73-18-8-42(9-19-73)106-109(93,111)107-46-36-102-61-41(35-101-62(46)61)37-108(92,110)94-4/h41-46,52-65,75-77,86-91H,5-37H2,1-4H3,(H,66,81)(H,67,82)(H,68,83)(H,69,78)(H,70,79)(H,71,80)(H,92,110)(H,93,111)/p-2/t41-,43?,44?,45?,46+,52?,53?,54?,55?,56?,57?,58?,59?,60?,61+,62+,63?,64?,65?,108?,109?/m0/s1. The van der Waals surface area contributed by atoms with Gasteiger partial charge in [0.15, 0.2) is 18.9 Å². The Balaban J connectivity index is 1.03. The lowest BCUT2D eigenvalue weighted by molar-refractivity contribution is -0.272. The summed E-state index contributed by atoms with van der Waals surface area (Å²) in [6, 6.07) is -3.50. The van der Waals surface area contributed by atoms with Crippen LogP contribution in [0.4, 0.5) is 0 Å². The first-order valence-corrected chi connectivity index (χ1v) is 42.4. The summed E-state index contributed by atoms with van der Waals surface area (Å²) in [5, 5.41) is 107. The predicted molar refractivity (Wildman–Crippen MR) is 386 cm³/mol. The van der Waals surface area contributed by atoms with E-state index < -0.39 is 191 Å². The molecule has 0 bridgehead atoms. The van der Waals surface area contributed by atoms with Crippen LogP contribution in [0.1, 0.15) is 72.1 Å². The number of carbonyl (C=O) groups is 8. The molecule has 111 heavy (non-hydrogen) atoms. The van der Waals surface area contributed by atoms with E-state index in [-0.39, 0.29) is 207 Å². The topological polar surface area (TPSA) is 570 Å². The van der Waals surface area contributed by atoms with Crippen molar-refractivity contribution >= 4 is 84.6 Å². The van der Waals surface area contributed by atoms with Crippen LogP contribution in [0.3, 0.4) is 0 Å². The summed E-state index contributed by atoms with van der Waals surface area (Å²) in [7, 11) is 1.27. The first-order valence-electron chi connectivity index (χ1n) is 37.0. The molecular formula is C65H113N9O33P2S2-2. The molecule has 21 atom stereocenters. The number of nitrogens with one attached hydrogen (secondary N) is 6. The molecule has 46 heteroatoms. The highest BCUT2D eigenvalue weighted by molar-refractivity contribution is 8.34. The first-order chi connectivity index (χ1) is 52.9. The van der Waals surface area contributed by atoms with Crippen LogP contribution in [0, 0.1) is 5.92 Å². The van der Waals surface area contributed by atoms with Crippen molar-refractivity contribution in [1.29, 1.82) is 0 Å². The lowest BCUT2D eigenvalue weighted by Gasteiger charge is -2.42. The number of aliphatic hydroxyl groups is 9. The smallest absolute Gasteiger partial charge is 0.222 e. The zero-order valence-corrected chi connectivity index (χ0v) is 66.2. The fourth-order valence-corrected chi connectivity index (χ4v) is 16.5. The monoisotopic (exact) mass is 1670 g/mol. The van der Waals surface area contributed by atoms with E-state index >= 15 is 0 Å². The number of ether oxygens (including phenoxy) is 11. The number of carbonyl (C=O) groups excluding carboxylic acids is 8. The van der Waals surface area contributed by atoms with Crippen LogP contribution >= 0.6 is 13.3 Å². The third-order valence-corrected chi connectivity index (χ3v) is 22.9. The molecule has 0 aromatic rings. The highest BCUT2D eigenvalue weighted by Crippen LogP contribution is 2.51. The number of rotatable bonds is 50. The Morgan fingerprint density at radius 2 is 0.955 bits per heavy atom. The van der Waals surface area contributed by atoms with Crippen LogP contribution < -0.4 is 36.8 Å². The molecule has 640 valence electrons. The van der Waals surface area contributed by atoms with Crippen LogP contribution in [-0.4, -0.2) is 395 Å². The Morgan fingerprint density at radius 1 is 0.541 bits per heavy atom. The van der Waals surface area contributed by atoms with Gasteiger partial charge in [-0.3, -0.25) is 38.4 Å². The normalized spacial score (nSPS) is 30.0. The third kappa shape index (κ3) is 32.4. The number of aliphatic hydroxyl groups excluding tert-OH is 9. The molecule has 15 N–H and O–H groups in total. The van der Waals surface area contributed by atoms with Crippen molar-refractivity contribution in [3.63, 3.8) is 0 Å². The minimum atomic E-state index is -4.10. The molecule has 0 radical (unpaired) electrons. The Bertz CT molecular complexity index is 2910. The summed E-state index contributed by atoms with van der Waals surface area (Å²) in [5.41, 5.74) is 0. The lowest BCUT2D eigenvalue weighted by atomic mass is 9.97. The Morgan fingerprint density at radius 3 is 1.36 bits per heavy atom. The zero-order valence-electron chi connectivity index (χ0n) is 62.8. The van der Waals surface area contributed by atoms with Gasteiger partial charge in [0.05, 0.1) is 111 Å². The molecular weight excluding hydrogens is 1560 g/mol. The van der Waals surface area contributed by atoms with Crippen LogP contribution in [0.2, 0.25) is 0 Å². The quantitative estimate of drug-likeness (QED) is 0.0153. The number of nitrogens with zero attached hydrogens (tertiary/aromatic N) is 3. The van der Waals surface area contributed by atoms with Gasteiger partial charge in [-0.2, -0.15) is 0 Å². The van der Waals surface area contributed by atoms with Crippen LogP contribution in [0.5, 0.6) is 0 Å². The summed E-state index contributed by atoms with van der Waals surface area (Å²) in [6.07, 6.45) is -18.9. The van der Waals surface area contributed by atoms with Gasteiger partial charge in [-0.05, 0) is 19.3 Å². The van der Waals surface area contributed by atoms with Gasteiger partial charge in [0.1, 0.15) is 92.0 Å². The average molecular weight is 1670 g/mol. The molecule has 17 unspecified atom stereocenters. The Kier molecular flexibility index (Phi) is 42.5. The molecule has 0 aliphatic carbocycles. The molecule has 8 amide bonds. The molecule has 6 aliphatic heterocycles. The van der Waals surface area contributed by atoms with Crippen LogP contribution in [0.15, 0.2) is 0 Å². The maximum Gasteiger partial charge on any atom is 0.222 e. The van der Waals surface area contributed by atoms with E-state index in [2.05, 4.69) is 31.9 Å². The average Bonchev–Trinajstić information content (AvgIpc) is 1.69. The van der Waals surface area contributed by atoms with Gasteiger partial charge >= 0.3 is 0 Å². The molecule has 0 spiro atoms. The zero-order chi connectivity index (χ0) is 81.4. The second-order valence-electron chi connectivity index (χ2n) is 27.2. The Hall–Kier alpha value is -4.01. The lowest BCUT2D eigenvalue weighted by Crippen LogP contribution is -2.64. The summed E-state index contributed by atoms with van der Waals surface area (Å²) >= 11 is 10.4. The van der Waals surface area contributed by atoms with Crippen molar-refractivity contribution < 1.29 is 159 Å². The van der Waals surface area contributed by atoms with E-state index in [1.165, 1.54) is 32.8 Å². The molecule has 0 aromatic carbocycles. The largest absolute Gasteiger partial charge is 0.780 e. The highest BCUT2D eigenvalue weighted by Gasteiger charge is 2.51. The summed E-state index contributed by atoms with van der Waals surface area (Å²) in [4.78, 5) is 122.